The second-order valence-electron chi connectivity index (χ2n) is 1.54. The van der Waals surface area contributed by atoms with Gasteiger partial charge >= 0.3 is 11.9 Å². The van der Waals surface area contributed by atoms with Gasteiger partial charge in [0.1, 0.15) is 6.04 Å². The van der Waals surface area contributed by atoms with Crippen molar-refractivity contribution in [1.29, 1.82) is 0 Å². The average molecular weight is 164 g/mol. The molecule has 0 spiro atoms. The molecule has 6 nitrogen and oxygen atoms in total. The van der Waals surface area contributed by atoms with Crippen LogP contribution in [0.5, 0.6) is 0 Å². The first kappa shape index (κ1) is 12.5. The van der Waals surface area contributed by atoms with E-state index in [-0.39, 0.29) is 0 Å². The van der Waals surface area contributed by atoms with Crippen LogP contribution in [0.1, 0.15) is 6.42 Å². The fourth-order valence-electron chi connectivity index (χ4n) is 0.275. The van der Waals surface area contributed by atoms with Crippen LogP contribution < -0.4 is 11.5 Å². The third-order valence-corrected chi connectivity index (χ3v) is 0.712. The summed E-state index contributed by atoms with van der Waals surface area (Å²) in [5.41, 5.74) is 9.34. The van der Waals surface area contributed by atoms with E-state index in [4.69, 9.17) is 15.9 Å². The zero-order chi connectivity index (χ0) is 9.44. The summed E-state index contributed by atoms with van der Waals surface area (Å²) in [4.78, 5) is 19.6. The largest absolute Gasteiger partial charge is 0.481 e. The van der Waals surface area contributed by atoms with Crippen molar-refractivity contribution >= 4 is 11.9 Å². The maximum atomic E-state index is 9.85. The van der Waals surface area contributed by atoms with Crippen LogP contribution in [0.4, 0.5) is 0 Å². The molecule has 0 unspecified atom stereocenters. The van der Waals surface area contributed by atoms with Gasteiger partial charge in [0, 0.05) is 0 Å². The second kappa shape index (κ2) is 6.97. The zero-order valence-electron chi connectivity index (χ0n) is 6.15. The summed E-state index contributed by atoms with van der Waals surface area (Å²) in [6.45, 7) is 0. The Labute approximate surface area is 63.8 Å². The smallest absolute Gasteiger partial charge is 0.321 e. The SMILES string of the molecule is CN.N[C@@H](CC(=O)O)C(=O)O. The molecular formula is C5H12N2O4. The van der Waals surface area contributed by atoms with E-state index in [1.165, 1.54) is 7.05 Å². The zero-order valence-corrected chi connectivity index (χ0v) is 6.15. The Kier molecular flexibility index (Phi) is 7.94. The molecule has 0 bridgehead atoms. The van der Waals surface area contributed by atoms with Crippen LogP contribution in [-0.4, -0.2) is 35.2 Å². The van der Waals surface area contributed by atoms with Gasteiger partial charge in [0.2, 0.25) is 0 Å². The van der Waals surface area contributed by atoms with Crippen molar-refractivity contribution in [1.82, 2.24) is 0 Å². The molecule has 0 saturated heterocycles. The summed E-state index contributed by atoms with van der Waals surface area (Å²) in [5, 5.41) is 16.0. The van der Waals surface area contributed by atoms with Gasteiger partial charge in [0.05, 0.1) is 6.42 Å². The Morgan fingerprint density at radius 3 is 1.82 bits per heavy atom. The number of carbonyl (C=O) groups is 2. The van der Waals surface area contributed by atoms with Crippen LogP contribution in [0.2, 0.25) is 0 Å². The summed E-state index contributed by atoms with van der Waals surface area (Å²) < 4.78 is 0. The number of hydrogen-bond acceptors (Lipinski definition) is 4. The van der Waals surface area contributed by atoms with Crippen molar-refractivity contribution < 1.29 is 19.8 Å². The predicted molar refractivity (Wildman–Crippen MR) is 38.0 cm³/mol. The van der Waals surface area contributed by atoms with E-state index < -0.39 is 24.4 Å². The number of aliphatic carboxylic acids is 2. The van der Waals surface area contributed by atoms with Crippen LogP contribution in [0.15, 0.2) is 0 Å². The number of carboxylic acids is 2. The molecule has 0 amide bonds. The van der Waals surface area contributed by atoms with E-state index in [2.05, 4.69) is 5.73 Å². The quantitative estimate of drug-likeness (QED) is 0.400. The van der Waals surface area contributed by atoms with Crippen LogP contribution in [-0.2, 0) is 9.59 Å². The summed E-state index contributed by atoms with van der Waals surface area (Å²) in [6.07, 6.45) is -0.532. The molecule has 0 aliphatic rings. The molecule has 0 aliphatic carbocycles. The topological polar surface area (TPSA) is 127 Å². The van der Waals surface area contributed by atoms with Gasteiger partial charge in [0.25, 0.3) is 0 Å². The Bertz CT molecular complexity index is 136. The highest BCUT2D eigenvalue weighted by Crippen LogP contribution is 1.86. The van der Waals surface area contributed by atoms with E-state index in [1.807, 2.05) is 0 Å². The Morgan fingerprint density at radius 1 is 1.36 bits per heavy atom. The first-order chi connectivity index (χ1) is 5.04. The molecule has 0 saturated carbocycles. The molecule has 0 aliphatic heterocycles. The lowest BCUT2D eigenvalue weighted by Gasteiger charge is -1.99. The van der Waals surface area contributed by atoms with Gasteiger partial charge in [-0.3, -0.25) is 9.59 Å². The van der Waals surface area contributed by atoms with E-state index in [0.29, 0.717) is 0 Å². The van der Waals surface area contributed by atoms with Gasteiger partial charge < -0.3 is 21.7 Å². The van der Waals surface area contributed by atoms with Crippen molar-refractivity contribution in [2.24, 2.45) is 11.5 Å². The first-order valence-corrected chi connectivity index (χ1v) is 2.82. The van der Waals surface area contributed by atoms with Crippen molar-refractivity contribution in [3.63, 3.8) is 0 Å². The molecular weight excluding hydrogens is 152 g/mol. The minimum absolute atomic E-state index is 0.532. The number of rotatable bonds is 3. The Balaban J connectivity index is 0. The molecule has 6 N–H and O–H groups in total. The van der Waals surface area contributed by atoms with E-state index >= 15 is 0 Å². The molecule has 11 heavy (non-hydrogen) atoms. The lowest BCUT2D eigenvalue weighted by Crippen LogP contribution is -2.32. The third kappa shape index (κ3) is 8.86. The minimum Gasteiger partial charge on any atom is -0.481 e. The van der Waals surface area contributed by atoms with Gasteiger partial charge in [-0.1, -0.05) is 0 Å². The molecule has 0 aromatic carbocycles. The predicted octanol–water partition coefficient (Wildman–Crippen LogP) is -1.55. The fourth-order valence-corrected chi connectivity index (χ4v) is 0.275. The van der Waals surface area contributed by atoms with Crippen molar-refractivity contribution in [2.75, 3.05) is 7.05 Å². The molecule has 6 heteroatoms. The fraction of sp³-hybridized carbons (Fsp3) is 0.600. The van der Waals surface area contributed by atoms with E-state index in [1.54, 1.807) is 0 Å². The molecule has 0 heterocycles. The molecule has 66 valence electrons. The average Bonchev–Trinajstić information content (AvgIpc) is 1.90. The van der Waals surface area contributed by atoms with Crippen molar-refractivity contribution in [2.45, 2.75) is 12.5 Å². The molecule has 0 fully saturated rings. The second-order valence-corrected chi connectivity index (χ2v) is 1.54. The van der Waals surface area contributed by atoms with Crippen LogP contribution >= 0.6 is 0 Å². The lowest BCUT2D eigenvalue weighted by molar-refractivity contribution is -0.144. The number of hydrogen-bond donors (Lipinski definition) is 4. The summed E-state index contributed by atoms with van der Waals surface area (Å²) in [6, 6.07) is -1.29. The summed E-state index contributed by atoms with van der Waals surface area (Å²) >= 11 is 0. The maximum absolute atomic E-state index is 9.85. The highest BCUT2D eigenvalue weighted by molar-refractivity contribution is 5.80. The third-order valence-electron chi connectivity index (χ3n) is 0.712. The van der Waals surface area contributed by atoms with Gasteiger partial charge in [-0.2, -0.15) is 0 Å². The van der Waals surface area contributed by atoms with Gasteiger partial charge in [0.15, 0.2) is 0 Å². The van der Waals surface area contributed by atoms with Crippen molar-refractivity contribution in [3.8, 4) is 0 Å². The van der Waals surface area contributed by atoms with Gasteiger partial charge in [-0.05, 0) is 7.05 Å². The number of carboxylic acid groups (broad SMARTS) is 2. The highest BCUT2D eigenvalue weighted by atomic mass is 16.4. The highest BCUT2D eigenvalue weighted by Gasteiger charge is 2.14. The Hall–Kier alpha value is -1.14. The molecule has 0 radical (unpaired) electrons. The Morgan fingerprint density at radius 2 is 1.73 bits per heavy atom. The van der Waals surface area contributed by atoms with Crippen molar-refractivity contribution in [3.05, 3.63) is 0 Å². The van der Waals surface area contributed by atoms with E-state index in [0.717, 1.165) is 0 Å². The monoisotopic (exact) mass is 164 g/mol. The van der Waals surface area contributed by atoms with Crippen LogP contribution in [0.3, 0.4) is 0 Å². The molecule has 0 aromatic rings. The molecule has 0 aromatic heterocycles. The normalized spacial score (nSPS) is 10.8. The first-order valence-electron chi connectivity index (χ1n) is 2.82. The molecule has 1 atom stereocenters. The number of nitrogens with two attached hydrogens (primary N) is 2. The summed E-state index contributed by atoms with van der Waals surface area (Å²) in [5.74, 6) is -2.50. The van der Waals surface area contributed by atoms with Gasteiger partial charge in [-0.15, -0.1) is 0 Å². The van der Waals surface area contributed by atoms with Crippen LogP contribution in [0.25, 0.3) is 0 Å². The minimum atomic E-state index is -1.29. The lowest BCUT2D eigenvalue weighted by atomic mass is 10.2. The molecule has 0 rings (SSSR count). The van der Waals surface area contributed by atoms with Crippen LogP contribution in [0, 0.1) is 0 Å². The standard InChI is InChI=1S/C4H7NO4.CH5N/c5-2(4(8)9)1-3(6)7;1-2/h2H,1,5H2,(H,6,7)(H,8,9);2H2,1H3/t2-;/m0./s1. The van der Waals surface area contributed by atoms with E-state index in [9.17, 15) is 9.59 Å². The maximum Gasteiger partial charge on any atom is 0.321 e. The summed E-state index contributed by atoms with van der Waals surface area (Å²) in [7, 11) is 1.50. The van der Waals surface area contributed by atoms with Gasteiger partial charge in [-0.25, -0.2) is 0 Å².